The number of hydrogen-bond donors (Lipinski definition) is 5. The zero-order valence-corrected chi connectivity index (χ0v) is 7.24. The van der Waals surface area contributed by atoms with Gasteiger partial charge in [-0.2, -0.15) is 0 Å². The first-order chi connectivity index (χ1) is 5.54. The van der Waals surface area contributed by atoms with E-state index in [0.29, 0.717) is 0 Å². The summed E-state index contributed by atoms with van der Waals surface area (Å²) in [6.45, 7) is -0.760. The Morgan fingerprint density at radius 2 is 1.54 bits per heavy atom. The van der Waals surface area contributed by atoms with Gasteiger partial charge in [-0.05, 0) is 0 Å². The second-order valence-electron chi connectivity index (χ2n) is 2.36. The quantitative estimate of drug-likeness (QED) is 0.223. The van der Waals surface area contributed by atoms with Crippen LogP contribution in [-0.2, 0) is 4.79 Å². The number of carbonyl (C=O) groups excluding carboxylic acids is 1. The van der Waals surface area contributed by atoms with Gasteiger partial charge in [-0.15, -0.1) is 0 Å². The molecule has 0 amide bonds. The molecule has 0 aromatic heterocycles. The van der Waals surface area contributed by atoms with Crippen molar-refractivity contribution in [2.45, 2.75) is 24.4 Å². The van der Waals surface area contributed by atoms with Crippen LogP contribution in [0.2, 0.25) is 0 Å². The van der Waals surface area contributed by atoms with Crippen LogP contribution in [-0.4, -0.2) is 81.7 Å². The molecule has 0 rings (SSSR count). The first-order valence-electron chi connectivity index (χ1n) is 3.33. The average molecular weight is 187 g/mol. The number of aliphatic hydroxyl groups is 5. The molecule has 0 aromatic carbocycles. The first kappa shape index (κ1) is 15.5. The topological polar surface area (TPSA) is 118 Å². The third-order valence-corrected chi connectivity index (χ3v) is 1.42. The zero-order valence-electron chi connectivity index (χ0n) is 7.24. The van der Waals surface area contributed by atoms with E-state index in [4.69, 9.17) is 25.5 Å². The molecule has 0 unspecified atom stereocenters. The van der Waals surface area contributed by atoms with Gasteiger partial charge in [0.1, 0.15) is 24.4 Å². The van der Waals surface area contributed by atoms with E-state index in [1.165, 1.54) is 0 Å². The van der Waals surface area contributed by atoms with Crippen LogP contribution >= 0.6 is 0 Å². The normalized spacial score (nSPS) is 19.5. The van der Waals surface area contributed by atoms with Gasteiger partial charge in [-0.25, -0.2) is 0 Å². The van der Waals surface area contributed by atoms with E-state index in [9.17, 15) is 4.79 Å². The number of aliphatic hydroxyl groups excluding tert-OH is 5. The number of carbonyl (C=O) groups is 1. The summed E-state index contributed by atoms with van der Waals surface area (Å²) in [5.74, 6) is 0. The molecule has 0 saturated carbocycles. The molecule has 0 heterocycles. The van der Waals surface area contributed by atoms with Crippen LogP contribution in [0.25, 0.3) is 0 Å². The van der Waals surface area contributed by atoms with Crippen LogP contribution in [0.3, 0.4) is 0 Å². The van der Waals surface area contributed by atoms with E-state index in [0.717, 1.165) is 0 Å². The second kappa shape index (κ2) is 7.47. The van der Waals surface area contributed by atoms with Gasteiger partial charge >= 0.3 is 0 Å². The number of aldehydes is 1. The molecule has 7 heteroatoms. The van der Waals surface area contributed by atoms with Gasteiger partial charge in [0.25, 0.3) is 0 Å². The molecular formula is C6H12LiO6. The molecule has 0 aliphatic rings. The minimum atomic E-state index is -1.79. The van der Waals surface area contributed by atoms with Crippen molar-refractivity contribution in [1.29, 1.82) is 0 Å². The van der Waals surface area contributed by atoms with E-state index in [-0.39, 0.29) is 25.1 Å². The minimum absolute atomic E-state index is 0. The Balaban J connectivity index is 0. The van der Waals surface area contributed by atoms with Gasteiger partial charge in [0, 0.05) is 18.9 Å². The van der Waals surface area contributed by atoms with Crippen molar-refractivity contribution >= 4 is 25.1 Å². The van der Waals surface area contributed by atoms with Crippen LogP contribution in [0.4, 0.5) is 0 Å². The minimum Gasteiger partial charge on any atom is -0.394 e. The van der Waals surface area contributed by atoms with Crippen molar-refractivity contribution in [3.63, 3.8) is 0 Å². The molecule has 0 aromatic rings. The summed E-state index contributed by atoms with van der Waals surface area (Å²) < 4.78 is 0. The van der Waals surface area contributed by atoms with E-state index < -0.39 is 31.0 Å². The molecule has 73 valence electrons. The van der Waals surface area contributed by atoms with E-state index in [1.54, 1.807) is 0 Å². The average Bonchev–Trinajstić information content (AvgIpc) is 2.12. The van der Waals surface area contributed by atoms with Crippen LogP contribution < -0.4 is 0 Å². The second-order valence-corrected chi connectivity index (χ2v) is 2.36. The Morgan fingerprint density at radius 3 is 1.85 bits per heavy atom. The van der Waals surface area contributed by atoms with Crippen molar-refractivity contribution in [3.8, 4) is 0 Å². The molecule has 0 bridgehead atoms. The standard InChI is InChI=1S/C6H12O6.Li/c7-1-3(9)5(11)6(12)4(10)2-8;/h1,3-6,8-12H,2H2;/t3-,4+,5+,6+;/m0./s1. The zero-order chi connectivity index (χ0) is 9.72. The molecule has 6 nitrogen and oxygen atoms in total. The Labute approximate surface area is 87.0 Å². The van der Waals surface area contributed by atoms with Gasteiger partial charge in [-0.1, -0.05) is 0 Å². The summed E-state index contributed by atoms with van der Waals surface area (Å²) in [5.41, 5.74) is 0. The Bertz CT molecular complexity index is 143. The van der Waals surface area contributed by atoms with Crippen LogP contribution in [0.1, 0.15) is 0 Å². The van der Waals surface area contributed by atoms with Crippen molar-refractivity contribution in [1.82, 2.24) is 0 Å². The van der Waals surface area contributed by atoms with Crippen LogP contribution in [0.5, 0.6) is 0 Å². The summed E-state index contributed by atoms with van der Waals surface area (Å²) in [6.07, 6.45) is -6.84. The van der Waals surface area contributed by atoms with Gasteiger partial charge in [-0.3, -0.25) is 0 Å². The first-order valence-corrected chi connectivity index (χ1v) is 3.33. The molecule has 0 aliphatic heterocycles. The molecule has 1 radical (unpaired) electrons. The fraction of sp³-hybridized carbons (Fsp3) is 0.833. The Hall–Kier alpha value is 0.0674. The maximum absolute atomic E-state index is 9.90. The third-order valence-electron chi connectivity index (χ3n) is 1.42. The SMILES string of the molecule is O=C[C@H](O)[C@@H](O)[C@H](O)[C@H](O)CO.[Li]. The summed E-state index contributed by atoms with van der Waals surface area (Å²) in [5, 5.41) is 43.5. The molecular weight excluding hydrogens is 175 g/mol. The fourth-order valence-electron chi connectivity index (χ4n) is 0.618. The van der Waals surface area contributed by atoms with Gasteiger partial charge in [0.15, 0.2) is 6.29 Å². The predicted octanol–water partition coefficient (Wildman–Crippen LogP) is -3.76. The smallest absolute Gasteiger partial charge is 0.151 e. The van der Waals surface area contributed by atoms with Crippen LogP contribution in [0.15, 0.2) is 0 Å². The van der Waals surface area contributed by atoms with Crippen molar-refractivity contribution in [2.75, 3.05) is 6.61 Å². The summed E-state index contributed by atoms with van der Waals surface area (Å²) >= 11 is 0. The third kappa shape index (κ3) is 4.74. The van der Waals surface area contributed by atoms with Crippen LogP contribution in [0, 0.1) is 0 Å². The molecule has 0 fully saturated rings. The van der Waals surface area contributed by atoms with Gasteiger partial charge < -0.3 is 30.3 Å². The molecule has 5 N–H and O–H groups in total. The predicted molar refractivity (Wildman–Crippen MR) is 42.9 cm³/mol. The van der Waals surface area contributed by atoms with Gasteiger partial charge in [0.2, 0.25) is 0 Å². The molecule has 0 saturated heterocycles. The maximum atomic E-state index is 9.90. The van der Waals surface area contributed by atoms with Crippen molar-refractivity contribution < 1.29 is 30.3 Å². The van der Waals surface area contributed by atoms with E-state index in [1.807, 2.05) is 0 Å². The molecule has 0 aliphatic carbocycles. The van der Waals surface area contributed by atoms with Gasteiger partial charge in [0.05, 0.1) is 6.61 Å². The summed E-state index contributed by atoms with van der Waals surface area (Å²) in [6, 6.07) is 0. The number of rotatable bonds is 5. The van der Waals surface area contributed by atoms with Crippen molar-refractivity contribution in [2.24, 2.45) is 0 Å². The molecule has 13 heavy (non-hydrogen) atoms. The fourth-order valence-corrected chi connectivity index (χ4v) is 0.618. The Morgan fingerprint density at radius 1 is 1.08 bits per heavy atom. The summed E-state index contributed by atoms with van der Waals surface area (Å²) in [4.78, 5) is 9.90. The molecule has 0 spiro atoms. The Kier molecular flexibility index (Phi) is 8.93. The monoisotopic (exact) mass is 187 g/mol. The van der Waals surface area contributed by atoms with E-state index in [2.05, 4.69) is 0 Å². The van der Waals surface area contributed by atoms with Crippen molar-refractivity contribution in [3.05, 3.63) is 0 Å². The van der Waals surface area contributed by atoms with E-state index >= 15 is 0 Å². The molecule has 4 atom stereocenters. The summed E-state index contributed by atoms with van der Waals surface area (Å²) in [7, 11) is 0. The largest absolute Gasteiger partial charge is 0.394 e. The number of hydrogen-bond acceptors (Lipinski definition) is 6. The maximum Gasteiger partial charge on any atom is 0.151 e.